The van der Waals surface area contributed by atoms with Crippen LogP contribution in [0.15, 0.2) is 24.5 Å². The number of nitrogens with zero attached hydrogens (tertiary/aromatic N) is 1. The topological polar surface area (TPSA) is 12.9 Å². The molecule has 0 aliphatic heterocycles. The summed E-state index contributed by atoms with van der Waals surface area (Å²) in [6.07, 6.45) is 5.93. The molecule has 2 heteroatoms. The van der Waals surface area contributed by atoms with Gasteiger partial charge < -0.3 is 0 Å². The maximum Gasteiger partial charge on any atom is 0.0299 e. The molecule has 0 N–H and O–H groups in total. The molecule has 0 bridgehead atoms. The lowest BCUT2D eigenvalue weighted by Crippen LogP contribution is -1.84. The summed E-state index contributed by atoms with van der Waals surface area (Å²) in [6.45, 7) is 0. The van der Waals surface area contributed by atoms with E-state index < -0.39 is 0 Å². The van der Waals surface area contributed by atoms with Gasteiger partial charge in [-0.1, -0.05) is 6.07 Å². The molecule has 0 spiro atoms. The standard InChI is InChI=1S/C7H10NP/c9-5-3-7-2-1-4-8-6-7/h1-2,4,6H,3,5,9H2. The first-order chi connectivity index (χ1) is 4.43. The summed E-state index contributed by atoms with van der Waals surface area (Å²) >= 11 is 0. The van der Waals surface area contributed by atoms with Crippen molar-refractivity contribution in [2.75, 3.05) is 6.16 Å². The third kappa shape index (κ3) is 2.11. The summed E-state index contributed by atoms with van der Waals surface area (Å²) in [7, 11) is 2.70. The third-order valence-corrected chi connectivity index (χ3v) is 1.44. The highest BCUT2D eigenvalue weighted by Crippen LogP contribution is 1.98. The molecule has 0 aliphatic rings. The van der Waals surface area contributed by atoms with Crippen molar-refractivity contribution in [3.8, 4) is 0 Å². The minimum absolute atomic E-state index is 1.11. The second-order valence-electron chi connectivity index (χ2n) is 1.90. The molecule has 0 amide bonds. The van der Waals surface area contributed by atoms with Crippen molar-refractivity contribution in [2.45, 2.75) is 6.42 Å². The van der Waals surface area contributed by atoms with Crippen molar-refractivity contribution in [3.63, 3.8) is 0 Å². The molecule has 0 fully saturated rings. The van der Waals surface area contributed by atoms with E-state index in [9.17, 15) is 0 Å². The van der Waals surface area contributed by atoms with Gasteiger partial charge in [-0.2, -0.15) is 0 Å². The Hall–Kier alpha value is -0.420. The van der Waals surface area contributed by atoms with E-state index in [0.29, 0.717) is 0 Å². The lowest BCUT2D eigenvalue weighted by Gasteiger charge is -1.92. The van der Waals surface area contributed by atoms with Gasteiger partial charge in [-0.15, -0.1) is 9.24 Å². The van der Waals surface area contributed by atoms with E-state index in [1.165, 1.54) is 5.56 Å². The van der Waals surface area contributed by atoms with Crippen molar-refractivity contribution in [3.05, 3.63) is 30.1 Å². The quantitative estimate of drug-likeness (QED) is 0.566. The first-order valence-electron chi connectivity index (χ1n) is 3.02. The number of aromatic nitrogens is 1. The van der Waals surface area contributed by atoms with Gasteiger partial charge in [0, 0.05) is 12.4 Å². The SMILES string of the molecule is PCCc1cccnc1. The van der Waals surface area contributed by atoms with Gasteiger partial charge in [-0.3, -0.25) is 4.98 Å². The zero-order chi connectivity index (χ0) is 6.53. The van der Waals surface area contributed by atoms with Gasteiger partial charge in [-0.05, 0) is 24.2 Å². The molecule has 9 heavy (non-hydrogen) atoms. The van der Waals surface area contributed by atoms with Crippen LogP contribution in [-0.4, -0.2) is 11.1 Å². The van der Waals surface area contributed by atoms with Crippen molar-refractivity contribution >= 4 is 9.24 Å². The highest BCUT2D eigenvalue weighted by atomic mass is 31.0. The molecule has 0 aromatic carbocycles. The van der Waals surface area contributed by atoms with Crippen LogP contribution in [0.5, 0.6) is 0 Å². The van der Waals surface area contributed by atoms with Gasteiger partial charge in [0.25, 0.3) is 0 Å². The predicted molar refractivity (Wildman–Crippen MR) is 42.5 cm³/mol. The van der Waals surface area contributed by atoms with Gasteiger partial charge in [-0.25, -0.2) is 0 Å². The maximum atomic E-state index is 3.99. The molecule has 1 nitrogen and oxygen atoms in total. The van der Waals surface area contributed by atoms with Crippen molar-refractivity contribution in [2.24, 2.45) is 0 Å². The average molecular weight is 139 g/mol. The van der Waals surface area contributed by atoms with E-state index in [1.54, 1.807) is 6.20 Å². The van der Waals surface area contributed by atoms with E-state index in [0.717, 1.165) is 12.6 Å². The molecule has 1 unspecified atom stereocenters. The number of hydrogen-bond donors (Lipinski definition) is 0. The summed E-state index contributed by atoms with van der Waals surface area (Å²) in [5.74, 6) is 0. The summed E-state index contributed by atoms with van der Waals surface area (Å²) in [5.41, 5.74) is 1.31. The number of hydrogen-bond acceptors (Lipinski definition) is 1. The normalized spacial score (nSPS) is 9.44. The van der Waals surface area contributed by atoms with E-state index in [1.807, 2.05) is 12.3 Å². The van der Waals surface area contributed by atoms with Crippen LogP contribution >= 0.6 is 9.24 Å². The molecule has 48 valence electrons. The Balaban J connectivity index is 2.61. The lowest BCUT2D eigenvalue weighted by molar-refractivity contribution is 1.12. The van der Waals surface area contributed by atoms with Crippen LogP contribution in [0.1, 0.15) is 5.56 Å². The van der Waals surface area contributed by atoms with Crippen molar-refractivity contribution in [1.29, 1.82) is 0 Å². The minimum atomic E-state index is 1.11. The highest BCUT2D eigenvalue weighted by molar-refractivity contribution is 7.16. The number of aryl methyl sites for hydroxylation is 1. The lowest BCUT2D eigenvalue weighted by atomic mass is 10.2. The highest BCUT2D eigenvalue weighted by Gasteiger charge is 1.85. The Morgan fingerprint density at radius 3 is 3.00 bits per heavy atom. The van der Waals surface area contributed by atoms with Crippen LogP contribution < -0.4 is 0 Å². The molecule has 1 heterocycles. The summed E-state index contributed by atoms with van der Waals surface area (Å²) in [6, 6.07) is 4.06. The van der Waals surface area contributed by atoms with Crippen LogP contribution in [0.3, 0.4) is 0 Å². The van der Waals surface area contributed by atoms with Crippen LogP contribution in [0.4, 0.5) is 0 Å². The van der Waals surface area contributed by atoms with Crippen molar-refractivity contribution < 1.29 is 0 Å². The number of rotatable bonds is 2. The summed E-state index contributed by atoms with van der Waals surface area (Å²) in [4.78, 5) is 3.99. The molecule has 0 saturated heterocycles. The Morgan fingerprint density at radius 1 is 1.56 bits per heavy atom. The van der Waals surface area contributed by atoms with Crippen LogP contribution in [0.25, 0.3) is 0 Å². The van der Waals surface area contributed by atoms with E-state index in [2.05, 4.69) is 20.3 Å². The zero-order valence-electron chi connectivity index (χ0n) is 5.25. The Morgan fingerprint density at radius 2 is 2.44 bits per heavy atom. The molecule has 1 aromatic heterocycles. The van der Waals surface area contributed by atoms with Gasteiger partial charge in [0.15, 0.2) is 0 Å². The summed E-state index contributed by atoms with van der Waals surface area (Å²) in [5, 5.41) is 0. The van der Waals surface area contributed by atoms with E-state index >= 15 is 0 Å². The molecule has 0 saturated carbocycles. The van der Waals surface area contributed by atoms with Crippen molar-refractivity contribution in [1.82, 2.24) is 4.98 Å². The zero-order valence-corrected chi connectivity index (χ0v) is 6.40. The molecule has 1 rings (SSSR count). The van der Waals surface area contributed by atoms with Gasteiger partial charge in [0.05, 0.1) is 0 Å². The molecule has 1 atom stereocenters. The maximum absolute atomic E-state index is 3.99. The second-order valence-corrected chi connectivity index (χ2v) is 2.48. The Kier molecular flexibility index (Phi) is 2.66. The first-order valence-corrected chi connectivity index (χ1v) is 3.84. The number of pyridine rings is 1. The third-order valence-electron chi connectivity index (χ3n) is 1.16. The van der Waals surface area contributed by atoms with Crippen LogP contribution in [0.2, 0.25) is 0 Å². The fourth-order valence-corrected chi connectivity index (χ4v) is 1.05. The van der Waals surface area contributed by atoms with Crippen LogP contribution in [-0.2, 0) is 6.42 Å². The predicted octanol–water partition coefficient (Wildman–Crippen LogP) is 1.50. The molecular weight excluding hydrogens is 129 g/mol. The van der Waals surface area contributed by atoms with Crippen LogP contribution in [0, 0.1) is 0 Å². The van der Waals surface area contributed by atoms with E-state index in [-0.39, 0.29) is 0 Å². The summed E-state index contributed by atoms with van der Waals surface area (Å²) < 4.78 is 0. The molecule has 0 radical (unpaired) electrons. The fourth-order valence-electron chi connectivity index (χ4n) is 0.713. The van der Waals surface area contributed by atoms with Gasteiger partial charge >= 0.3 is 0 Å². The fraction of sp³-hybridized carbons (Fsp3) is 0.286. The Bertz CT molecular complexity index is 162. The first kappa shape index (κ1) is 6.70. The van der Waals surface area contributed by atoms with Gasteiger partial charge in [0.1, 0.15) is 0 Å². The minimum Gasteiger partial charge on any atom is -0.264 e. The Labute approximate surface area is 57.7 Å². The van der Waals surface area contributed by atoms with Gasteiger partial charge in [0.2, 0.25) is 0 Å². The van der Waals surface area contributed by atoms with E-state index in [4.69, 9.17) is 0 Å². The average Bonchev–Trinajstić information content (AvgIpc) is 1.91. The monoisotopic (exact) mass is 139 g/mol. The molecule has 0 aliphatic carbocycles. The molecular formula is C7H10NP. The smallest absolute Gasteiger partial charge is 0.0299 e. The largest absolute Gasteiger partial charge is 0.264 e. The second kappa shape index (κ2) is 3.58. The molecule has 1 aromatic rings.